The summed E-state index contributed by atoms with van der Waals surface area (Å²) < 4.78 is 11.7. The number of nitrogens with zero attached hydrogens (tertiary/aromatic N) is 7. The zero-order valence-corrected chi connectivity index (χ0v) is 33.4. The van der Waals surface area contributed by atoms with Crippen molar-refractivity contribution in [3.8, 4) is 34.0 Å². The second-order valence-electron chi connectivity index (χ2n) is 13.9. The van der Waals surface area contributed by atoms with Crippen LogP contribution in [0.25, 0.3) is 26.6 Å². The zero-order chi connectivity index (χ0) is 44.2. The van der Waals surface area contributed by atoms with E-state index in [0.717, 1.165) is 34.8 Å². The van der Waals surface area contributed by atoms with Gasteiger partial charge >= 0.3 is 11.9 Å². The van der Waals surface area contributed by atoms with Gasteiger partial charge in [-0.05, 0) is 41.5 Å². The maximum Gasteiger partial charge on any atom is 0.336 e. The normalized spacial score (nSPS) is 12.9. The highest BCUT2D eigenvalue weighted by Gasteiger charge is 2.63. The first kappa shape index (κ1) is 39.6. The van der Waals surface area contributed by atoms with Gasteiger partial charge in [0.1, 0.15) is 42.5 Å². The standard InChI is InChI=1S/C46H19N7O8S2/c47-16-24-11-28-29(12-25(24)17-48)36(55)32(35(28)54)15-33-51-41-39(62-33)40-42(53-45(63-40)52-34-37(56)30-13-26(18-49)27(19-50)14-31(30)38(34)57)46(41,43(58)60-20-22-7-3-1-4-8-22)44(59)61-21-23-9-5-2-6-10-23/h1-15H,20-21H2. The third-order valence-corrected chi connectivity index (χ3v) is 12.5. The summed E-state index contributed by atoms with van der Waals surface area (Å²) >= 11 is 1.69. The van der Waals surface area contributed by atoms with Gasteiger partial charge in [-0.15, -0.1) is 11.3 Å². The molecule has 0 fully saturated rings. The molecule has 0 amide bonds. The molecule has 2 aromatic heterocycles. The van der Waals surface area contributed by atoms with Crippen molar-refractivity contribution >= 4 is 68.2 Å². The van der Waals surface area contributed by atoms with E-state index in [-0.39, 0.29) is 94.2 Å². The Morgan fingerprint density at radius 1 is 0.635 bits per heavy atom. The fraction of sp³-hybridized carbons (Fsp3) is 0.0652. The predicted octanol–water partition coefficient (Wildman–Crippen LogP) is 5.28. The van der Waals surface area contributed by atoms with Crippen LogP contribution in [0.4, 0.5) is 5.13 Å². The van der Waals surface area contributed by atoms with E-state index < -0.39 is 45.1 Å². The number of thiazole rings is 2. The summed E-state index contributed by atoms with van der Waals surface area (Å²) in [6.07, 6.45) is 1.18. The number of esters is 2. The number of aromatic nitrogens is 2. The molecule has 7 aromatic rings. The minimum absolute atomic E-state index is 0.00767. The number of ketones is 2. The van der Waals surface area contributed by atoms with Crippen molar-refractivity contribution in [2.45, 2.75) is 18.6 Å². The molecule has 0 aliphatic heterocycles. The van der Waals surface area contributed by atoms with Crippen molar-refractivity contribution in [1.82, 2.24) is 9.97 Å². The molecule has 0 unspecified atom stereocenters. The average Bonchev–Trinajstić information content (AvgIpc) is 4.08. The Balaban J connectivity index is 1.24. The van der Waals surface area contributed by atoms with Crippen LogP contribution in [-0.4, -0.2) is 33.5 Å². The van der Waals surface area contributed by atoms with Crippen LogP contribution in [0.3, 0.4) is 0 Å². The number of benzene rings is 4. The van der Waals surface area contributed by atoms with Crippen molar-refractivity contribution < 1.29 is 28.7 Å². The number of hydrogen-bond acceptors (Lipinski definition) is 17. The van der Waals surface area contributed by atoms with Gasteiger partial charge in [-0.2, -0.15) is 21.0 Å². The van der Waals surface area contributed by atoms with Crippen molar-refractivity contribution in [3.63, 3.8) is 0 Å². The molecule has 0 atom stereocenters. The van der Waals surface area contributed by atoms with Gasteiger partial charge in [0.05, 0.1) is 49.0 Å². The Morgan fingerprint density at radius 3 is 1.56 bits per heavy atom. The Labute approximate surface area is 361 Å². The molecule has 5 aromatic carbocycles. The first-order valence-corrected chi connectivity index (χ1v) is 20.1. The highest BCUT2D eigenvalue weighted by molar-refractivity contribution is 7.24. The van der Waals surface area contributed by atoms with E-state index in [1.165, 1.54) is 18.2 Å². The van der Waals surface area contributed by atoms with Crippen LogP contribution in [0.5, 0.6) is 0 Å². The molecule has 17 heteroatoms. The number of allylic oxidation sites excluding steroid dienone is 1. The Hall–Kier alpha value is -8.87. The summed E-state index contributed by atoms with van der Waals surface area (Å²) in [4.78, 5) is 98.0. The van der Waals surface area contributed by atoms with Crippen LogP contribution >= 0.6 is 22.7 Å². The molecule has 298 valence electrons. The van der Waals surface area contributed by atoms with Gasteiger partial charge in [0.2, 0.25) is 16.0 Å². The monoisotopic (exact) mass is 861 g/mol. The van der Waals surface area contributed by atoms with Crippen LogP contribution in [-0.2, 0) is 37.7 Å². The first-order valence-electron chi connectivity index (χ1n) is 18.4. The number of ether oxygens (including phenoxy) is 2. The molecule has 0 saturated heterocycles. The summed E-state index contributed by atoms with van der Waals surface area (Å²) in [6, 6.07) is 29.2. The van der Waals surface area contributed by atoms with Gasteiger partial charge in [0.15, 0.2) is 16.9 Å². The number of nitriles is 4. The lowest BCUT2D eigenvalue weighted by atomic mass is 9.84. The maximum absolute atomic E-state index is 14.8. The zero-order valence-electron chi connectivity index (χ0n) is 31.8. The summed E-state index contributed by atoms with van der Waals surface area (Å²) in [5.74, 6) is -3.79. The number of carbonyl (C=O) groups excluding carboxylic acids is 4. The highest BCUT2D eigenvalue weighted by Crippen LogP contribution is 2.56. The quantitative estimate of drug-likeness (QED) is 0.0815. The SMILES string of the molecule is N#Cc1cc2c(cc1C#N)C(=O)C(=Cc1nc3c(s1)-c1sc(N=c4c(=O)c5cc(C#N)c(C#N)cc5c4=O)nc1C3(C(=O)OCc1ccccc1)C(=O)OCc1ccccc1)C2=O. The van der Waals surface area contributed by atoms with Gasteiger partial charge < -0.3 is 9.47 Å². The van der Waals surface area contributed by atoms with Crippen molar-refractivity contribution in [3.05, 3.63) is 177 Å². The lowest BCUT2D eigenvalue weighted by molar-refractivity contribution is -0.164. The topological polar surface area (TPSA) is 254 Å². The second-order valence-corrected chi connectivity index (χ2v) is 16.0. The van der Waals surface area contributed by atoms with Gasteiger partial charge in [-0.25, -0.2) is 24.5 Å². The molecule has 2 heterocycles. The number of rotatable bonds is 8. The molecular formula is C46H19N7O8S2. The molecular weight excluding hydrogens is 843 g/mol. The van der Waals surface area contributed by atoms with Crippen molar-refractivity contribution in [1.29, 1.82) is 21.0 Å². The van der Waals surface area contributed by atoms with Crippen molar-refractivity contribution in [2.24, 2.45) is 4.99 Å². The minimum Gasteiger partial charge on any atom is -0.459 e. The molecule has 0 bridgehead atoms. The smallest absolute Gasteiger partial charge is 0.336 e. The molecule has 15 nitrogen and oxygen atoms in total. The summed E-state index contributed by atoms with van der Waals surface area (Å²) in [5.41, 5.74) is -4.47. The molecule has 2 aliphatic carbocycles. The number of fused-ring (bicyclic) bond motifs is 5. The van der Waals surface area contributed by atoms with Crippen LogP contribution in [0.15, 0.2) is 105 Å². The number of carbonyl (C=O) groups is 4. The van der Waals surface area contributed by atoms with Gasteiger partial charge in [0, 0.05) is 21.9 Å². The summed E-state index contributed by atoms with van der Waals surface area (Å²) in [5, 5.41) is 37.1. The molecule has 2 aliphatic rings. The van der Waals surface area contributed by atoms with E-state index in [1.807, 2.05) is 24.3 Å². The third-order valence-electron chi connectivity index (χ3n) is 10.4. The van der Waals surface area contributed by atoms with Crippen LogP contribution < -0.4 is 16.2 Å². The molecule has 0 spiro atoms. The van der Waals surface area contributed by atoms with Gasteiger partial charge in [-0.1, -0.05) is 72.0 Å². The fourth-order valence-corrected chi connectivity index (χ4v) is 9.54. The number of Topliss-reactive ketones (excluding diaryl/α,β-unsaturated/α-hetero) is 2. The number of hydrogen-bond donors (Lipinski definition) is 0. The Kier molecular flexibility index (Phi) is 9.62. The molecule has 9 rings (SSSR count). The largest absolute Gasteiger partial charge is 0.459 e. The molecule has 63 heavy (non-hydrogen) atoms. The van der Waals surface area contributed by atoms with E-state index in [1.54, 1.807) is 60.7 Å². The first-order chi connectivity index (χ1) is 30.5. The molecule has 0 radical (unpaired) electrons. The molecule has 0 N–H and O–H groups in total. The van der Waals surface area contributed by atoms with E-state index in [4.69, 9.17) is 9.47 Å². The van der Waals surface area contributed by atoms with Crippen LogP contribution in [0, 0.1) is 45.3 Å². The average molecular weight is 862 g/mol. The molecule has 0 saturated carbocycles. The van der Waals surface area contributed by atoms with Crippen molar-refractivity contribution in [2.75, 3.05) is 0 Å². The maximum atomic E-state index is 14.8. The van der Waals surface area contributed by atoms with Gasteiger partial charge in [-0.3, -0.25) is 19.2 Å². The van der Waals surface area contributed by atoms with E-state index in [9.17, 15) is 49.8 Å². The minimum atomic E-state index is -2.55. The van der Waals surface area contributed by atoms with E-state index >= 15 is 0 Å². The second kappa shape index (κ2) is 15.3. The van der Waals surface area contributed by atoms with Gasteiger partial charge in [0.25, 0.3) is 5.41 Å². The Morgan fingerprint density at radius 2 is 1.08 bits per heavy atom. The Bertz CT molecular complexity index is 3410. The summed E-state index contributed by atoms with van der Waals surface area (Å²) in [7, 11) is 0. The lowest BCUT2D eigenvalue weighted by Crippen LogP contribution is -2.46. The van der Waals surface area contributed by atoms with Crippen LogP contribution in [0.1, 0.15) is 70.5 Å². The van der Waals surface area contributed by atoms with Crippen LogP contribution in [0.2, 0.25) is 0 Å². The highest BCUT2D eigenvalue weighted by atomic mass is 32.1. The van der Waals surface area contributed by atoms with E-state index in [0.29, 0.717) is 11.1 Å². The van der Waals surface area contributed by atoms with E-state index in [2.05, 4.69) is 15.0 Å². The predicted molar refractivity (Wildman–Crippen MR) is 223 cm³/mol. The third kappa shape index (κ3) is 6.25. The lowest BCUT2D eigenvalue weighted by Gasteiger charge is -2.24. The summed E-state index contributed by atoms with van der Waals surface area (Å²) in [6.45, 7) is -0.600. The fourth-order valence-electron chi connectivity index (χ4n) is 7.34.